The molecule has 0 aromatic rings. The molecule has 2 atom stereocenters. The summed E-state index contributed by atoms with van der Waals surface area (Å²) in [5, 5.41) is 9.50. The molecule has 3 N–H and O–H groups in total. The lowest BCUT2D eigenvalue weighted by Gasteiger charge is -2.47. The van der Waals surface area contributed by atoms with Crippen LogP contribution in [0.15, 0.2) is 0 Å². The number of hydrogen-bond acceptors (Lipinski definition) is 5. The van der Waals surface area contributed by atoms with Gasteiger partial charge in [0.05, 0.1) is 17.6 Å². The van der Waals surface area contributed by atoms with Crippen molar-refractivity contribution in [3.63, 3.8) is 0 Å². The Morgan fingerprint density at radius 1 is 1.10 bits per heavy atom. The second kappa shape index (κ2) is 12.2. The van der Waals surface area contributed by atoms with Crippen LogP contribution in [-0.2, 0) is 19.6 Å². The monoisotopic (exact) mass is 461 g/mol. The van der Waals surface area contributed by atoms with Crippen LogP contribution in [0, 0.1) is 29.1 Å². The Balaban J connectivity index is 3.58. The van der Waals surface area contributed by atoms with Crippen molar-refractivity contribution in [3.05, 3.63) is 0 Å². The summed E-state index contributed by atoms with van der Waals surface area (Å²) < 4.78 is 25.8. The molecule has 1 fully saturated rings. The summed E-state index contributed by atoms with van der Waals surface area (Å²) in [4.78, 5) is 26.9. The van der Waals surface area contributed by atoms with Crippen LogP contribution in [0.1, 0.15) is 86.0 Å². The fourth-order valence-corrected chi connectivity index (χ4v) is 5.94. The fourth-order valence-electron chi connectivity index (χ4n) is 5.13. The molecule has 1 saturated carbocycles. The molecule has 0 saturated heterocycles. The highest BCUT2D eigenvalue weighted by atomic mass is 32.2. The SMILES string of the molecule is CCC[C@H](C(=O)NO)C(CC(C)C)(C(=O)NN(CC(C)C)S(C)(=O)=O)C1CCCCC1. The first kappa shape index (κ1) is 27.8. The van der Waals surface area contributed by atoms with Gasteiger partial charge < -0.3 is 0 Å². The first-order chi connectivity index (χ1) is 14.4. The third-order valence-corrected chi connectivity index (χ3v) is 7.33. The Morgan fingerprint density at radius 2 is 1.68 bits per heavy atom. The van der Waals surface area contributed by atoms with Gasteiger partial charge in [-0.05, 0) is 43.4 Å². The zero-order chi connectivity index (χ0) is 23.8. The largest absolute Gasteiger partial charge is 0.289 e. The molecule has 1 unspecified atom stereocenters. The minimum Gasteiger partial charge on any atom is -0.289 e. The molecule has 0 spiro atoms. The Hall–Kier alpha value is -1.19. The van der Waals surface area contributed by atoms with E-state index in [9.17, 15) is 23.2 Å². The van der Waals surface area contributed by atoms with Gasteiger partial charge in [0.25, 0.3) is 0 Å². The highest BCUT2D eigenvalue weighted by molar-refractivity contribution is 7.88. The lowest BCUT2D eigenvalue weighted by atomic mass is 9.57. The van der Waals surface area contributed by atoms with E-state index in [0.717, 1.165) is 42.8 Å². The number of carbonyl (C=O) groups excluding carboxylic acids is 2. The van der Waals surface area contributed by atoms with Gasteiger partial charge in [-0.3, -0.25) is 20.2 Å². The zero-order valence-electron chi connectivity index (χ0n) is 20.1. The summed E-state index contributed by atoms with van der Waals surface area (Å²) in [5.41, 5.74) is 3.38. The molecule has 0 aliphatic heterocycles. The van der Waals surface area contributed by atoms with Gasteiger partial charge in [-0.1, -0.05) is 60.3 Å². The van der Waals surface area contributed by atoms with Crippen molar-refractivity contribution >= 4 is 21.8 Å². The minimum absolute atomic E-state index is 0.0105. The summed E-state index contributed by atoms with van der Waals surface area (Å²) in [7, 11) is -3.69. The molecule has 1 aliphatic carbocycles. The molecular formula is C22H43N3O5S. The van der Waals surface area contributed by atoms with E-state index >= 15 is 0 Å². The molecule has 0 bridgehead atoms. The van der Waals surface area contributed by atoms with E-state index in [0.29, 0.717) is 19.3 Å². The van der Waals surface area contributed by atoms with Gasteiger partial charge in [0.15, 0.2) is 0 Å². The van der Waals surface area contributed by atoms with E-state index in [1.165, 1.54) is 0 Å². The molecule has 0 aromatic heterocycles. The quantitative estimate of drug-likeness (QED) is 0.304. The van der Waals surface area contributed by atoms with Gasteiger partial charge in [-0.2, -0.15) is 0 Å². The predicted octanol–water partition coefficient (Wildman–Crippen LogP) is 3.47. The second-order valence-electron chi connectivity index (χ2n) is 9.92. The average Bonchev–Trinajstić information content (AvgIpc) is 2.68. The lowest BCUT2D eigenvalue weighted by molar-refractivity contribution is -0.156. The molecule has 182 valence electrons. The van der Waals surface area contributed by atoms with Crippen molar-refractivity contribution < 1.29 is 23.2 Å². The molecule has 31 heavy (non-hydrogen) atoms. The summed E-state index contributed by atoms with van der Waals surface area (Å²) in [6.07, 6.45) is 7.27. The van der Waals surface area contributed by atoms with Crippen molar-refractivity contribution in [2.45, 2.75) is 86.0 Å². The third-order valence-electron chi connectivity index (χ3n) is 6.29. The number of amides is 2. The van der Waals surface area contributed by atoms with E-state index in [1.54, 1.807) is 5.48 Å². The predicted molar refractivity (Wildman–Crippen MR) is 121 cm³/mol. The first-order valence-electron chi connectivity index (χ1n) is 11.6. The maximum Gasteiger partial charge on any atom is 0.247 e. The van der Waals surface area contributed by atoms with Crippen LogP contribution < -0.4 is 10.9 Å². The first-order valence-corrected chi connectivity index (χ1v) is 13.5. The van der Waals surface area contributed by atoms with Crippen molar-refractivity contribution in [1.82, 2.24) is 15.3 Å². The third kappa shape index (κ3) is 7.43. The minimum atomic E-state index is -3.69. The van der Waals surface area contributed by atoms with E-state index in [-0.39, 0.29) is 24.3 Å². The molecule has 0 aromatic carbocycles. The zero-order valence-corrected chi connectivity index (χ0v) is 20.9. The molecule has 0 radical (unpaired) electrons. The van der Waals surface area contributed by atoms with Crippen molar-refractivity contribution in [2.75, 3.05) is 12.8 Å². The molecule has 1 rings (SSSR count). The normalized spacial score (nSPS) is 18.8. The van der Waals surface area contributed by atoms with Gasteiger partial charge in [0, 0.05) is 6.54 Å². The molecule has 2 amide bonds. The van der Waals surface area contributed by atoms with E-state index in [2.05, 4.69) is 5.43 Å². The van der Waals surface area contributed by atoms with Crippen LogP contribution in [0.25, 0.3) is 0 Å². The van der Waals surface area contributed by atoms with Crippen LogP contribution >= 0.6 is 0 Å². The number of hydrogen-bond donors (Lipinski definition) is 3. The Bertz CT molecular complexity index is 689. The highest BCUT2D eigenvalue weighted by Gasteiger charge is 2.54. The average molecular weight is 462 g/mol. The number of hydrazine groups is 1. The van der Waals surface area contributed by atoms with Crippen molar-refractivity contribution in [2.24, 2.45) is 29.1 Å². The topological polar surface area (TPSA) is 116 Å². The van der Waals surface area contributed by atoms with Crippen LogP contribution in [0.2, 0.25) is 0 Å². The number of rotatable bonds is 12. The number of hydroxylamine groups is 1. The van der Waals surface area contributed by atoms with Crippen LogP contribution in [-0.4, -0.2) is 42.7 Å². The number of nitrogens with one attached hydrogen (secondary N) is 2. The molecule has 1 aliphatic rings. The van der Waals surface area contributed by atoms with Crippen molar-refractivity contribution in [1.29, 1.82) is 0 Å². The summed E-state index contributed by atoms with van der Waals surface area (Å²) >= 11 is 0. The van der Waals surface area contributed by atoms with Gasteiger partial charge in [0.1, 0.15) is 0 Å². The maximum absolute atomic E-state index is 14.0. The standard InChI is InChI=1S/C22H43N3O5S/c1-7-11-19(20(26)24-28)22(14-16(2)3,18-12-9-8-10-13-18)21(27)23-25(15-17(4)5)31(6,29)30/h16-19,28H,7-15H2,1-6H3,(H,23,27)(H,24,26)/t19-,22?/m1/s1. The summed E-state index contributed by atoms with van der Waals surface area (Å²) in [6, 6.07) is 0. The van der Waals surface area contributed by atoms with Crippen LogP contribution in [0.3, 0.4) is 0 Å². The Kier molecular flexibility index (Phi) is 10.9. The number of carbonyl (C=O) groups is 2. The van der Waals surface area contributed by atoms with Crippen LogP contribution in [0.4, 0.5) is 0 Å². The molecule has 8 nitrogen and oxygen atoms in total. The maximum atomic E-state index is 14.0. The van der Waals surface area contributed by atoms with E-state index < -0.39 is 33.2 Å². The van der Waals surface area contributed by atoms with E-state index in [1.807, 2.05) is 34.6 Å². The van der Waals surface area contributed by atoms with Gasteiger partial charge in [0.2, 0.25) is 21.8 Å². The van der Waals surface area contributed by atoms with Gasteiger partial charge in [-0.15, -0.1) is 4.41 Å². The highest BCUT2D eigenvalue weighted by Crippen LogP contribution is 2.50. The molecule has 0 heterocycles. The Labute approximate surface area is 188 Å². The Morgan fingerprint density at radius 3 is 2.10 bits per heavy atom. The van der Waals surface area contributed by atoms with Gasteiger partial charge >= 0.3 is 0 Å². The van der Waals surface area contributed by atoms with Crippen LogP contribution in [0.5, 0.6) is 0 Å². The summed E-state index contributed by atoms with van der Waals surface area (Å²) in [5.74, 6) is -1.68. The van der Waals surface area contributed by atoms with Crippen molar-refractivity contribution in [3.8, 4) is 0 Å². The molecule has 9 heteroatoms. The lowest BCUT2D eigenvalue weighted by Crippen LogP contribution is -2.60. The fraction of sp³-hybridized carbons (Fsp3) is 0.909. The smallest absolute Gasteiger partial charge is 0.247 e. The summed E-state index contributed by atoms with van der Waals surface area (Å²) in [6.45, 7) is 9.87. The number of sulfonamides is 1. The van der Waals surface area contributed by atoms with E-state index in [4.69, 9.17) is 0 Å². The number of nitrogens with zero attached hydrogens (tertiary/aromatic N) is 1. The second-order valence-corrected chi connectivity index (χ2v) is 11.8. The van der Waals surface area contributed by atoms with Gasteiger partial charge in [-0.25, -0.2) is 13.9 Å². The molecular weight excluding hydrogens is 418 g/mol.